The van der Waals surface area contributed by atoms with Crippen LogP contribution in [0.25, 0.3) is 74.9 Å². The maximum absolute atomic E-state index is 6.27. The van der Waals surface area contributed by atoms with E-state index in [1.807, 2.05) is 42.5 Å². The van der Waals surface area contributed by atoms with Gasteiger partial charge in [-0.1, -0.05) is 0 Å². The summed E-state index contributed by atoms with van der Waals surface area (Å²) >= 11 is 0.256. The van der Waals surface area contributed by atoms with E-state index in [-0.39, 0.29) is 14.5 Å². The van der Waals surface area contributed by atoms with E-state index in [0.717, 1.165) is 55.6 Å². The molecule has 5 aromatic carbocycles. The Bertz CT molecular complexity index is 2140. The number of aromatic nitrogens is 3. The first-order valence-electron chi connectivity index (χ1n) is 12.5. The second-order valence-corrected chi connectivity index (χ2v) is 11.6. The van der Waals surface area contributed by atoms with Gasteiger partial charge in [0.05, 0.1) is 0 Å². The number of fused-ring (bicyclic) bond motifs is 6. The Balaban J connectivity index is 1.55. The van der Waals surface area contributed by atoms with Crippen molar-refractivity contribution in [1.82, 2.24) is 15.4 Å². The molecule has 178 valence electrons. The Morgan fingerprint density at radius 2 is 1.18 bits per heavy atom. The third-order valence-corrected chi connectivity index (χ3v) is 9.52. The number of rotatable bonds is 3. The summed E-state index contributed by atoms with van der Waals surface area (Å²) < 4.78 is 9.04. The van der Waals surface area contributed by atoms with Crippen LogP contribution in [0.4, 0.5) is 0 Å². The van der Waals surface area contributed by atoms with Crippen molar-refractivity contribution in [3.63, 3.8) is 0 Å². The van der Waals surface area contributed by atoms with Crippen LogP contribution >= 0.6 is 0 Å². The van der Waals surface area contributed by atoms with Crippen molar-refractivity contribution in [2.24, 2.45) is 0 Å². The third kappa shape index (κ3) is 3.20. The molecule has 0 amide bonds. The van der Waals surface area contributed by atoms with Gasteiger partial charge in [0, 0.05) is 0 Å². The topological polar surface area (TPSA) is 51.8 Å². The first-order chi connectivity index (χ1) is 18.9. The molecule has 0 radical (unpaired) electrons. The first-order valence-corrected chi connectivity index (χ1v) is 14.2. The van der Waals surface area contributed by atoms with Crippen molar-refractivity contribution in [3.8, 4) is 33.6 Å². The van der Waals surface area contributed by atoms with E-state index >= 15 is 0 Å². The summed E-state index contributed by atoms with van der Waals surface area (Å²) in [6.45, 7) is 0. The monoisotopic (exact) mass is 553 g/mol. The van der Waals surface area contributed by atoms with Crippen LogP contribution in [0.1, 0.15) is 0 Å². The van der Waals surface area contributed by atoms with Gasteiger partial charge in [0.1, 0.15) is 0 Å². The van der Waals surface area contributed by atoms with Gasteiger partial charge in [-0.05, 0) is 0 Å². The fraction of sp³-hybridized carbons (Fsp3) is 0. The molecule has 0 atom stereocenters. The predicted octanol–water partition coefficient (Wildman–Crippen LogP) is 8.14. The minimum atomic E-state index is 0.256. The summed E-state index contributed by atoms with van der Waals surface area (Å²) in [4.78, 5) is 0. The fourth-order valence-corrected chi connectivity index (χ4v) is 7.90. The molecule has 5 heteroatoms. The molecule has 0 saturated heterocycles. The number of para-hydroxylation sites is 1. The van der Waals surface area contributed by atoms with E-state index < -0.39 is 0 Å². The van der Waals surface area contributed by atoms with Crippen LogP contribution in [0.15, 0.2) is 120 Å². The second-order valence-electron chi connectivity index (χ2n) is 9.28. The van der Waals surface area contributed by atoms with Gasteiger partial charge in [0.15, 0.2) is 0 Å². The van der Waals surface area contributed by atoms with Crippen LogP contribution in [0, 0.1) is 0 Å². The molecule has 3 heterocycles. The number of benzene rings is 5. The Morgan fingerprint density at radius 3 is 2.11 bits per heavy atom. The van der Waals surface area contributed by atoms with Gasteiger partial charge in [-0.3, -0.25) is 0 Å². The van der Waals surface area contributed by atoms with Gasteiger partial charge < -0.3 is 0 Å². The Hall–Kier alpha value is -4.57. The normalized spacial score (nSPS) is 11.7. The van der Waals surface area contributed by atoms with Gasteiger partial charge in [0.25, 0.3) is 0 Å². The van der Waals surface area contributed by atoms with Crippen molar-refractivity contribution < 1.29 is 4.42 Å². The van der Waals surface area contributed by atoms with Gasteiger partial charge >= 0.3 is 224 Å². The summed E-state index contributed by atoms with van der Waals surface area (Å²) in [7, 11) is 0. The molecule has 0 aliphatic carbocycles. The molecule has 0 spiro atoms. The molecule has 0 fully saturated rings. The van der Waals surface area contributed by atoms with E-state index in [9.17, 15) is 0 Å². The van der Waals surface area contributed by atoms with Crippen LogP contribution in [0.2, 0.25) is 0 Å². The van der Waals surface area contributed by atoms with Crippen LogP contribution in [0.5, 0.6) is 0 Å². The molecular weight excluding hydrogens is 533 g/mol. The van der Waals surface area contributed by atoms with Gasteiger partial charge in [-0.15, -0.1) is 0 Å². The van der Waals surface area contributed by atoms with Gasteiger partial charge in [-0.2, -0.15) is 0 Å². The zero-order valence-electron chi connectivity index (χ0n) is 20.1. The SMILES string of the molecule is c1ccc(-c2nnnc(-c3cccc4[se]c5ccccc5c34)c2-c2cccc3oc4ccccc4c23)cc1. The molecular formula is C33H19N3OSe. The average molecular weight is 552 g/mol. The summed E-state index contributed by atoms with van der Waals surface area (Å²) in [5.41, 5.74) is 7.44. The fourth-order valence-electron chi connectivity index (χ4n) is 5.52. The van der Waals surface area contributed by atoms with E-state index in [4.69, 9.17) is 9.52 Å². The number of hydrogen-bond donors (Lipinski definition) is 0. The molecule has 0 unspecified atom stereocenters. The van der Waals surface area contributed by atoms with Crippen LogP contribution < -0.4 is 0 Å². The van der Waals surface area contributed by atoms with E-state index in [0.29, 0.717) is 0 Å². The molecule has 0 saturated carbocycles. The number of hydrogen-bond acceptors (Lipinski definition) is 4. The average Bonchev–Trinajstić information content (AvgIpc) is 3.56. The molecule has 0 N–H and O–H groups in total. The molecule has 0 aliphatic heterocycles. The molecule has 0 aliphatic rings. The van der Waals surface area contributed by atoms with Crippen LogP contribution in [-0.4, -0.2) is 29.9 Å². The summed E-state index contributed by atoms with van der Waals surface area (Å²) in [6, 6.07) is 40.0. The number of nitrogens with zero attached hydrogens (tertiary/aromatic N) is 3. The predicted molar refractivity (Wildman–Crippen MR) is 155 cm³/mol. The van der Waals surface area contributed by atoms with Gasteiger partial charge in [-0.25, -0.2) is 0 Å². The molecule has 4 nitrogen and oxygen atoms in total. The summed E-state index contributed by atoms with van der Waals surface area (Å²) in [5, 5.41) is 18.4. The van der Waals surface area contributed by atoms with Crippen LogP contribution in [0.3, 0.4) is 0 Å². The van der Waals surface area contributed by atoms with E-state index in [2.05, 4.69) is 83.1 Å². The first kappa shape index (κ1) is 21.5. The second kappa shape index (κ2) is 8.49. The van der Waals surface area contributed by atoms with Crippen molar-refractivity contribution in [2.75, 3.05) is 0 Å². The zero-order chi connectivity index (χ0) is 25.1. The summed E-state index contributed by atoms with van der Waals surface area (Å²) in [6.07, 6.45) is 0. The minimum absolute atomic E-state index is 0.256. The Kier molecular flexibility index (Phi) is 4.80. The molecule has 8 rings (SSSR count). The quantitative estimate of drug-likeness (QED) is 0.208. The molecule has 8 aromatic rings. The molecule has 0 bridgehead atoms. The van der Waals surface area contributed by atoms with E-state index in [1.54, 1.807) is 0 Å². The van der Waals surface area contributed by atoms with Crippen molar-refractivity contribution in [3.05, 3.63) is 115 Å². The van der Waals surface area contributed by atoms with Crippen molar-refractivity contribution >= 4 is 55.7 Å². The summed E-state index contributed by atoms with van der Waals surface area (Å²) in [5.74, 6) is 0. The third-order valence-electron chi connectivity index (χ3n) is 7.14. The zero-order valence-corrected chi connectivity index (χ0v) is 21.8. The molecule has 38 heavy (non-hydrogen) atoms. The maximum atomic E-state index is 6.27. The van der Waals surface area contributed by atoms with Crippen LogP contribution in [-0.2, 0) is 0 Å². The van der Waals surface area contributed by atoms with Gasteiger partial charge in [0.2, 0.25) is 0 Å². The van der Waals surface area contributed by atoms with Crippen molar-refractivity contribution in [2.45, 2.75) is 0 Å². The van der Waals surface area contributed by atoms with Crippen molar-refractivity contribution in [1.29, 1.82) is 0 Å². The Labute approximate surface area is 223 Å². The molecule has 3 aromatic heterocycles. The standard InChI is InChI=1S/C33H19N3OSe/c1-2-10-20(11-3-1)32-31(23-14-8-17-26-29(23)21-12-4-6-16-25(21)37-26)33(35-36-34-32)24-15-9-19-28-30(24)22-13-5-7-18-27(22)38-28/h1-19H. The number of furan rings is 1. The van der Waals surface area contributed by atoms with E-state index in [1.165, 1.54) is 19.3 Å². The Morgan fingerprint density at radius 1 is 0.500 bits per heavy atom.